The van der Waals surface area contributed by atoms with Gasteiger partial charge in [0.15, 0.2) is 5.78 Å². The van der Waals surface area contributed by atoms with E-state index in [-0.39, 0.29) is 21.9 Å². The lowest BCUT2D eigenvalue weighted by Crippen LogP contribution is -2.30. The lowest BCUT2D eigenvalue weighted by atomic mass is 10.0. The fourth-order valence-corrected chi connectivity index (χ4v) is 6.78. The topological polar surface area (TPSA) is 92.6 Å². The van der Waals surface area contributed by atoms with E-state index in [1.807, 2.05) is 47.6 Å². The van der Waals surface area contributed by atoms with Crippen molar-refractivity contribution in [2.45, 2.75) is 17.9 Å². The molecule has 1 aliphatic rings. The predicted octanol–water partition coefficient (Wildman–Crippen LogP) is 3.79. The number of para-hydroxylation sites is 1. The number of hydrogen-bond acceptors (Lipinski definition) is 8. The van der Waals surface area contributed by atoms with Gasteiger partial charge in [-0.05, 0) is 73.0 Å². The second kappa shape index (κ2) is 9.11. The molecule has 0 bridgehead atoms. The molecule has 3 aromatic carbocycles. The van der Waals surface area contributed by atoms with E-state index in [1.54, 1.807) is 36.4 Å². The standard InChI is InChI=1S/C26H24N4O4S2/c1-17-27-23-7-5-4-6-22(23)26(32)30(17)36(33,34)21-14-12-20(13-15-21)29-25(24(31)16-35-29)18-8-10-19(11-9-18)28(2)3/h4-15,25H,16H2,1-3H3. The van der Waals surface area contributed by atoms with Crippen molar-refractivity contribution >= 4 is 50.0 Å². The molecule has 0 aliphatic carbocycles. The molecule has 184 valence electrons. The van der Waals surface area contributed by atoms with Crippen molar-refractivity contribution in [2.75, 3.05) is 29.1 Å². The van der Waals surface area contributed by atoms with Gasteiger partial charge in [0.05, 0.1) is 21.6 Å². The highest BCUT2D eigenvalue weighted by molar-refractivity contribution is 8.01. The first kappa shape index (κ1) is 24.1. The van der Waals surface area contributed by atoms with Crippen LogP contribution >= 0.6 is 11.9 Å². The maximum absolute atomic E-state index is 13.4. The number of anilines is 2. The molecule has 1 atom stereocenters. The van der Waals surface area contributed by atoms with E-state index in [9.17, 15) is 18.0 Å². The van der Waals surface area contributed by atoms with Crippen molar-refractivity contribution in [3.05, 3.63) is 94.5 Å². The van der Waals surface area contributed by atoms with E-state index in [0.717, 1.165) is 15.2 Å². The van der Waals surface area contributed by atoms with Crippen LogP contribution in [-0.4, -0.2) is 43.0 Å². The first-order valence-corrected chi connectivity index (χ1v) is 13.6. The van der Waals surface area contributed by atoms with Gasteiger partial charge in [0, 0.05) is 25.5 Å². The van der Waals surface area contributed by atoms with Crippen molar-refractivity contribution < 1.29 is 13.2 Å². The molecule has 1 fully saturated rings. The number of benzene rings is 3. The third kappa shape index (κ3) is 4.06. The molecule has 5 rings (SSSR count). The Morgan fingerprint density at radius 2 is 1.61 bits per heavy atom. The van der Waals surface area contributed by atoms with Gasteiger partial charge in [-0.1, -0.05) is 24.3 Å². The summed E-state index contributed by atoms with van der Waals surface area (Å²) in [6, 6.07) is 20.3. The van der Waals surface area contributed by atoms with Crippen molar-refractivity contribution in [3.63, 3.8) is 0 Å². The van der Waals surface area contributed by atoms with Crippen molar-refractivity contribution in [2.24, 2.45) is 0 Å². The van der Waals surface area contributed by atoms with Gasteiger partial charge in [-0.3, -0.25) is 9.59 Å². The molecule has 0 amide bonds. The molecule has 36 heavy (non-hydrogen) atoms. The Labute approximate surface area is 213 Å². The fraction of sp³-hybridized carbons (Fsp3) is 0.192. The zero-order valence-electron chi connectivity index (χ0n) is 20.0. The predicted molar refractivity (Wildman–Crippen MR) is 143 cm³/mol. The number of carbonyl (C=O) groups excluding carboxylic acids is 1. The van der Waals surface area contributed by atoms with Gasteiger partial charge in [-0.2, -0.15) is 3.97 Å². The summed E-state index contributed by atoms with van der Waals surface area (Å²) < 4.78 is 29.5. The highest BCUT2D eigenvalue weighted by atomic mass is 32.2. The van der Waals surface area contributed by atoms with Gasteiger partial charge in [0.1, 0.15) is 11.9 Å². The number of fused-ring (bicyclic) bond motifs is 1. The monoisotopic (exact) mass is 520 g/mol. The first-order valence-electron chi connectivity index (χ1n) is 11.2. The zero-order valence-corrected chi connectivity index (χ0v) is 21.6. The normalized spacial score (nSPS) is 16.0. The van der Waals surface area contributed by atoms with Crippen molar-refractivity contribution in [3.8, 4) is 0 Å². The number of ketones is 1. The Morgan fingerprint density at radius 3 is 2.28 bits per heavy atom. The average molecular weight is 521 g/mol. The van der Waals surface area contributed by atoms with Gasteiger partial charge in [0.2, 0.25) is 0 Å². The van der Waals surface area contributed by atoms with Crippen LogP contribution < -0.4 is 14.8 Å². The smallest absolute Gasteiger partial charge is 0.275 e. The van der Waals surface area contributed by atoms with E-state index in [2.05, 4.69) is 4.98 Å². The Balaban J connectivity index is 1.49. The molecule has 1 aliphatic heterocycles. The first-order chi connectivity index (χ1) is 17.2. The fourth-order valence-electron chi connectivity index (χ4n) is 4.30. The summed E-state index contributed by atoms with van der Waals surface area (Å²) in [5.74, 6) is 0.501. The van der Waals surface area contributed by atoms with Crippen LogP contribution in [0, 0.1) is 6.92 Å². The quantitative estimate of drug-likeness (QED) is 0.367. The van der Waals surface area contributed by atoms with Crippen LogP contribution in [0.1, 0.15) is 17.4 Å². The molecule has 1 unspecified atom stereocenters. The van der Waals surface area contributed by atoms with E-state index < -0.39 is 21.6 Å². The van der Waals surface area contributed by atoms with Gasteiger partial charge in [-0.25, -0.2) is 13.4 Å². The summed E-state index contributed by atoms with van der Waals surface area (Å²) in [7, 11) is -0.266. The lowest BCUT2D eigenvalue weighted by molar-refractivity contribution is -0.117. The summed E-state index contributed by atoms with van der Waals surface area (Å²) in [6.45, 7) is 1.50. The van der Waals surface area contributed by atoms with Gasteiger partial charge in [-0.15, -0.1) is 0 Å². The molecule has 0 N–H and O–H groups in total. The number of aromatic nitrogens is 2. The number of rotatable bonds is 5. The van der Waals surface area contributed by atoms with Crippen molar-refractivity contribution in [1.82, 2.24) is 8.96 Å². The van der Waals surface area contributed by atoms with Crippen LogP contribution in [0.5, 0.6) is 0 Å². The number of hydrogen-bond donors (Lipinski definition) is 0. The highest BCUT2D eigenvalue weighted by Crippen LogP contribution is 2.40. The van der Waals surface area contributed by atoms with Gasteiger partial charge in [0.25, 0.3) is 15.6 Å². The summed E-state index contributed by atoms with van der Waals surface area (Å²) in [6.07, 6.45) is 0. The number of Topliss-reactive ketones (excluding diaryl/α,β-unsaturated/α-hetero) is 1. The minimum Gasteiger partial charge on any atom is -0.378 e. The third-order valence-corrected chi connectivity index (χ3v) is 9.03. The molecule has 1 aromatic heterocycles. The summed E-state index contributed by atoms with van der Waals surface area (Å²) >= 11 is 1.39. The summed E-state index contributed by atoms with van der Waals surface area (Å²) in [5, 5.41) is 0.235. The number of aryl methyl sites for hydroxylation is 1. The largest absolute Gasteiger partial charge is 0.378 e. The SMILES string of the molecule is Cc1nc2ccccc2c(=O)n1S(=O)(=O)c1ccc(N2SCC(=O)C2c2ccc(N(C)C)cc2)cc1. The van der Waals surface area contributed by atoms with Crippen LogP contribution in [0.25, 0.3) is 10.9 Å². The minimum absolute atomic E-state index is 0.0315. The second-order valence-electron chi connectivity index (χ2n) is 8.70. The van der Waals surface area contributed by atoms with E-state index >= 15 is 0 Å². The molecular formula is C26H24N4O4S2. The number of nitrogens with zero attached hydrogens (tertiary/aromatic N) is 4. The average Bonchev–Trinajstić information content (AvgIpc) is 3.25. The molecule has 10 heteroatoms. The highest BCUT2D eigenvalue weighted by Gasteiger charge is 2.35. The van der Waals surface area contributed by atoms with Crippen LogP contribution in [0.3, 0.4) is 0 Å². The second-order valence-corrected chi connectivity index (χ2v) is 11.4. The Kier molecular flexibility index (Phi) is 6.09. The van der Waals surface area contributed by atoms with E-state index in [0.29, 0.717) is 17.0 Å². The van der Waals surface area contributed by atoms with Crippen molar-refractivity contribution in [1.29, 1.82) is 0 Å². The van der Waals surface area contributed by atoms with Crippen LogP contribution in [-0.2, 0) is 14.8 Å². The molecule has 0 radical (unpaired) electrons. The molecule has 4 aromatic rings. The zero-order chi connectivity index (χ0) is 25.6. The molecule has 2 heterocycles. The minimum atomic E-state index is -4.18. The lowest BCUT2D eigenvalue weighted by Gasteiger charge is -2.25. The molecule has 0 saturated carbocycles. The Hall–Kier alpha value is -3.63. The maximum Gasteiger partial charge on any atom is 0.275 e. The Morgan fingerprint density at radius 1 is 0.944 bits per heavy atom. The van der Waals surface area contributed by atoms with Crippen LogP contribution in [0.2, 0.25) is 0 Å². The van der Waals surface area contributed by atoms with Gasteiger partial charge < -0.3 is 9.21 Å². The van der Waals surface area contributed by atoms with Crippen LogP contribution in [0.15, 0.2) is 82.5 Å². The number of carbonyl (C=O) groups is 1. The third-order valence-electron chi connectivity index (χ3n) is 6.14. The molecule has 8 nitrogen and oxygen atoms in total. The molecular weight excluding hydrogens is 496 g/mol. The van der Waals surface area contributed by atoms with Crippen LogP contribution in [0.4, 0.5) is 11.4 Å². The Bertz CT molecular complexity index is 1630. The summed E-state index contributed by atoms with van der Waals surface area (Å²) in [5.41, 5.74) is 2.42. The van der Waals surface area contributed by atoms with E-state index in [1.165, 1.54) is 31.0 Å². The van der Waals surface area contributed by atoms with Gasteiger partial charge >= 0.3 is 0 Å². The molecule has 1 saturated heterocycles. The molecule has 0 spiro atoms. The van der Waals surface area contributed by atoms with E-state index in [4.69, 9.17) is 0 Å². The summed E-state index contributed by atoms with van der Waals surface area (Å²) in [4.78, 5) is 32.1. The maximum atomic E-state index is 13.4.